The first-order valence-electron chi connectivity index (χ1n) is 10.9. The summed E-state index contributed by atoms with van der Waals surface area (Å²) in [4.78, 5) is 40.5. The lowest BCUT2D eigenvalue weighted by Crippen LogP contribution is -2.54. The van der Waals surface area contributed by atoms with Gasteiger partial charge in [0.25, 0.3) is 0 Å². The van der Waals surface area contributed by atoms with E-state index in [2.05, 4.69) is 20.9 Å². The number of carbonyl (C=O) groups is 3. The summed E-state index contributed by atoms with van der Waals surface area (Å²) in [5, 5.41) is 9.35. The lowest BCUT2D eigenvalue weighted by atomic mass is 9.97. The fraction of sp³-hybridized carbons (Fsp3) is 0.320. The fourth-order valence-corrected chi connectivity index (χ4v) is 3.68. The number of urea groups is 1. The molecule has 0 aliphatic heterocycles. The monoisotopic (exact) mass is 434 g/mol. The van der Waals surface area contributed by atoms with Crippen molar-refractivity contribution in [3.05, 3.63) is 65.9 Å². The van der Waals surface area contributed by atoms with Gasteiger partial charge < -0.3 is 25.7 Å². The average molecular weight is 435 g/mol. The Morgan fingerprint density at radius 3 is 2.59 bits per heavy atom. The van der Waals surface area contributed by atoms with Crippen molar-refractivity contribution in [3.8, 4) is 0 Å². The molecule has 3 atom stereocenters. The highest BCUT2D eigenvalue weighted by Crippen LogP contribution is 2.19. The largest absolute Gasteiger partial charge is 0.361 e. The Labute approximate surface area is 188 Å². The molecule has 0 aliphatic carbocycles. The first kappa shape index (κ1) is 23.1. The summed E-state index contributed by atoms with van der Waals surface area (Å²) in [6.07, 6.45) is 3.65. The molecule has 0 saturated carbocycles. The van der Waals surface area contributed by atoms with Gasteiger partial charge in [0.2, 0.25) is 5.91 Å². The molecule has 0 bridgehead atoms. The van der Waals surface area contributed by atoms with Crippen molar-refractivity contribution in [2.75, 3.05) is 5.32 Å². The highest BCUT2D eigenvalue weighted by molar-refractivity contribution is 5.94. The summed E-state index contributed by atoms with van der Waals surface area (Å²) in [6.45, 7) is 5.78. The third-order valence-electron chi connectivity index (χ3n) is 5.66. The maximum atomic E-state index is 13.0. The molecular weight excluding hydrogens is 404 g/mol. The Bertz CT molecular complexity index is 1090. The average Bonchev–Trinajstić information content (AvgIpc) is 3.19. The quantitative estimate of drug-likeness (QED) is 0.384. The fourth-order valence-electron chi connectivity index (χ4n) is 3.68. The second-order valence-electron chi connectivity index (χ2n) is 8.15. The molecule has 168 valence electrons. The first-order chi connectivity index (χ1) is 15.4. The minimum Gasteiger partial charge on any atom is -0.361 e. The van der Waals surface area contributed by atoms with E-state index in [4.69, 9.17) is 0 Å². The van der Waals surface area contributed by atoms with Gasteiger partial charge in [-0.3, -0.25) is 4.79 Å². The number of hydrogen-bond acceptors (Lipinski definition) is 3. The van der Waals surface area contributed by atoms with Crippen LogP contribution in [0.25, 0.3) is 10.9 Å². The zero-order chi connectivity index (χ0) is 23.1. The molecule has 0 unspecified atom stereocenters. The van der Waals surface area contributed by atoms with Crippen molar-refractivity contribution >= 4 is 34.8 Å². The van der Waals surface area contributed by atoms with Crippen LogP contribution in [0.3, 0.4) is 0 Å². The van der Waals surface area contributed by atoms with E-state index in [0.717, 1.165) is 28.3 Å². The van der Waals surface area contributed by atoms with Gasteiger partial charge >= 0.3 is 6.03 Å². The number of aldehydes is 1. The second-order valence-corrected chi connectivity index (χ2v) is 8.15. The van der Waals surface area contributed by atoms with Crippen LogP contribution in [0.1, 0.15) is 31.4 Å². The molecule has 7 nitrogen and oxygen atoms in total. The molecule has 0 saturated heterocycles. The summed E-state index contributed by atoms with van der Waals surface area (Å²) in [5.74, 6) is -0.491. The van der Waals surface area contributed by atoms with Crippen LogP contribution in [0.4, 0.5) is 10.5 Å². The van der Waals surface area contributed by atoms with E-state index in [9.17, 15) is 14.4 Å². The molecule has 0 spiro atoms. The summed E-state index contributed by atoms with van der Waals surface area (Å²) in [6, 6.07) is 13.3. The zero-order valence-corrected chi connectivity index (χ0v) is 18.6. The number of benzene rings is 2. The van der Waals surface area contributed by atoms with Crippen molar-refractivity contribution in [1.82, 2.24) is 15.6 Å². The predicted molar refractivity (Wildman–Crippen MR) is 127 cm³/mol. The Morgan fingerprint density at radius 1 is 1.09 bits per heavy atom. The van der Waals surface area contributed by atoms with Crippen LogP contribution in [-0.4, -0.2) is 35.3 Å². The minimum absolute atomic E-state index is 0.112. The molecule has 1 aromatic heterocycles. The van der Waals surface area contributed by atoms with Crippen LogP contribution < -0.4 is 16.0 Å². The van der Waals surface area contributed by atoms with E-state index < -0.39 is 18.1 Å². The second kappa shape index (κ2) is 10.6. The normalized spacial score (nSPS) is 13.7. The number of hydrogen-bond donors (Lipinski definition) is 4. The van der Waals surface area contributed by atoms with Crippen LogP contribution >= 0.6 is 0 Å². The van der Waals surface area contributed by atoms with E-state index in [0.29, 0.717) is 18.5 Å². The Kier molecular flexibility index (Phi) is 7.65. The van der Waals surface area contributed by atoms with Crippen LogP contribution in [0, 0.1) is 12.8 Å². The van der Waals surface area contributed by atoms with Crippen LogP contribution in [0.5, 0.6) is 0 Å². The summed E-state index contributed by atoms with van der Waals surface area (Å²) in [7, 11) is 0. The van der Waals surface area contributed by atoms with Crippen molar-refractivity contribution in [3.63, 3.8) is 0 Å². The molecule has 2 aromatic carbocycles. The Balaban J connectivity index is 1.67. The molecule has 0 fully saturated rings. The summed E-state index contributed by atoms with van der Waals surface area (Å²) < 4.78 is 0. The van der Waals surface area contributed by atoms with Gasteiger partial charge in [-0.2, -0.15) is 0 Å². The molecule has 32 heavy (non-hydrogen) atoms. The SMILES string of the molecule is CC[C@H](C)[C@H](NC(=O)Nc1cccc(C)c1)C(=O)N[C@H](C=O)Cc1c[nH]c2ccccc12. The summed E-state index contributed by atoms with van der Waals surface area (Å²) in [5.41, 5.74) is 3.59. The number of para-hydroxylation sites is 1. The Morgan fingerprint density at radius 2 is 1.88 bits per heavy atom. The molecule has 0 aliphatic rings. The van der Waals surface area contributed by atoms with Crippen LogP contribution in [0.15, 0.2) is 54.7 Å². The van der Waals surface area contributed by atoms with Gasteiger partial charge in [0.05, 0.1) is 6.04 Å². The number of aromatic nitrogens is 1. The topological polar surface area (TPSA) is 103 Å². The lowest BCUT2D eigenvalue weighted by molar-refractivity contribution is -0.126. The minimum atomic E-state index is -0.768. The third kappa shape index (κ3) is 5.75. The van der Waals surface area contributed by atoms with Crippen LogP contribution in [-0.2, 0) is 16.0 Å². The number of fused-ring (bicyclic) bond motifs is 1. The zero-order valence-electron chi connectivity index (χ0n) is 18.6. The van der Waals surface area contributed by atoms with E-state index in [1.807, 2.05) is 69.4 Å². The Hall–Kier alpha value is -3.61. The molecule has 3 amide bonds. The van der Waals surface area contributed by atoms with Gasteiger partial charge in [-0.1, -0.05) is 50.6 Å². The number of nitrogens with one attached hydrogen (secondary N) is 4. The number of aryl methyl sites for hydroxylation is 1. The predicted octanol–water partition coefficient (Wildman–Crippen LogP) is 3.94. The van der Waals surface area contributed by atoms with Crippen LogP contribution in [0.2, 0.25) is 0 Å². The molecule has 3 rings (SSSR count). The van der Waals surface area contributed by atoms with E-state index >= 15 is 0 Å². The number of aromatic amines is 1. The first-order valence-corrected chi connectivity index (χ1v) is 10.9. The molecular formula is C25H30N4O3. The molecule has 3 aromatic rings. The summed E-state index contributed by atoms with van der Waals surface area (Å²) >= 11 is 0. The van der Waals surface area contributed by atoms with Gasteiger partial charge in [0.15, 0.2) is 0 Å². The molecule has 4 N–H and O–H groups in total. The van der Waals surface area contributed by atoms with Crippen molar-refractivity contribution in [2.45, 2.75) is 45.7 Å². The molecule has 7 heteroatoms. The number of carbonyl (C=O) groups excluding carboxylic acids is 3. The van der Waals surface area contributed by atoms with Crippen molar-refractivity contribution < 1.29 is 14.4 Å². The maximum absolute atomic E-state index is 13.0. The van der Waals surface area contributed by atoms with E-state index in [1.165, 1.54) is 0 Å². The van der Waals surface area contributed by atoms with Crippen molar-refractivity contribution in [2.24, 2.45) is 5.92 Å². The maximum Gasteiger partial charge on any atom is 0.319 e. The van der Waals surface area contributed by atoms with Gasteiger partial charge in [-0.25, -0.2) is 4.79 Å². The molecule has 1 heterocycles. The number of H-pyrrole nitrogens is 1. The highest BCUT2D eigenvalue weighted by atomic mass is 16.2. The van der Waals surface area contributed by atoms with Gasteiger partial charge in [-0.15, -0.1) is 0 Å². The number of rotatable bonds is 9. The van der Waals surface area contributed by atoms with Gasteiger partial charge in [0.1, 0.15) is 12.3 Å². The third-order valence-corrected chi connectivity index (χ3v) is 5.66. The lowest BCUT2D eigenvalue weighted by Gasteiger charge is -2.25. The van der Waals surface area contributed by atoms with Crippen molar-refractivity contribution in [1.29, 1.82) is 0 Å². The van der Waals surface area contributed by atoms with E-state index in [1.54, 1.807) is 6.07 Å². The number of anilines is 1. The van der Waals surface area contributed by atoms with Gasteiger partial charge in [0, 0.05) is 29.2 Å². The smallest absolute Gasteiger partial charge is 0.319 e. The standard InChI is InChI=1S/C25H30N4O3/c1-4-17(3)23(29-25(32)28-19-9-7-8-16(2)12-19)24(31)27-20(15-30)13-18-14-26-22-11-6-5-10-21(18)22/h5-12,14-15,17,20,23,26H,4,13H2,1-3H3,(H,27,31)(H2,28,29,32)/t17-,20-,23-/m0/s1. The molecule has 0 radical (unpaired) electrons. The van der Waals surface area contributed by atoms with E-state index in [-0.39, 0.29) is 11.8 Å². The number of amides is 3. The highest BCUT2D eigenvalue weighted by Gasteiger charge is 2.28. The van der Waals surface area contributed by atoms with Gasteiger partial charge in [-0.05, 0) is 42.2 Å².